The predicted molar refractivity (Wildman–Crippen MR) is 45.9 cm³/mol. The highest BCUT2D eigenvalue weighted by atomic mass is 35.5. The maximum atomic E-state index is 5.90. The van der Waals surface area contributed by atoms with Crippen molar-refractivity contribution in [1.29, 1.82) is 0 Å². The molecule has 1 saturated carbocycles. The van der Waals surface area contributed by atoms with Crippen LogP contribution in [0.2, 0.25) is 0 Å². The van der Waals surface area contributed by atoms with Crippen molar-refractivity contribution in [3.05, 3.63) is 0 Å². The van der Waals surface area contributed by atoms with E-state index in [9.17, 15) is 0 Å². The molecular weight excluding hydrogens is 175 g/mol. The van der Waals surface area contributed by atoms with Crippen LogP contribution >= 0.6 is 35.8 Å². The van der Waals surface area contributed by atoms with E-state index in [1.807, 2.05) is 0 Å². The van der Waals surface area contributed by atoms with Crippen molar-refractivity contribution >= 4 is 35.8 Å². The number of hydrogen-bond donors (Lipinski definition) is 1. The Balaban J connectivity index is 2.35. The van der Waals surface area contributed by atoms with Crippen molar-refractivity contribution in [2.75, 3.05) is 0 Å². The van der Waals surface area contributed by atoms with Crippen LogP contribution in [0, 0.1) is 0 Å². The summed E-state index contributed by atoms with van der Waals surface area (Å²) >= 11 is 16.1. The van der Waals surface area contributed by atoms with Crippen molar-refractivity contribution in [3.63, 3.8) is 0 Å². The van der Waals surface area contributed by atoms with Crippen LogP contribution in [0.4, 0.5) is 0 Å². The first-order chi connectivity index (χ1) is 4.20. The lowest BCUT2D eigenvalue weighted by molar-refractivity contribution is 0.531. The highest BCUT2D eigenvalue weighted by Gasteiger charge is 2.24. The number of hydrogen-bond acceptors (Lipinski definition) is 1. The normalized spacial score (nSPS) is 45.0. The quantitative estimate of drug-likeness (QED) is 0.435. The molecule has 1 rings (SSSR count). The molecule has 3 heteroatoms. The smallest absolute Gasteiger partial charge is 0.0453 e. The average Bonchev–Trinajstić information content (AvgIpc) is 1.80. The van der Waals surface area contributed by atoms with Crippen molar-refractivity contribution in [2.45, 2.75) is 35.3 Å². The first-order valence-electron chi connectivity index (χ1n) is 3.16. The Hall–Kier alpha value is 0.930. The monoisotopic (exact) mass is 184 g/mol. The summed E-state index contributed by atoms with van der Waals surface area (Å²) in [4.78, 5) is 0. The Morgan fingerprint density at radius 1 is 1.22 bits per heavy atom. The van der Waals surface area contributed by atoms with Gasteiger partial charge in [-0.25, -0.2) is 0 Å². The summed E-state index contributed by atoms with van der Waals surface area (Å²) in [6.45, 7) is 0. The van der Waals surface area contributed by atoms with Gasteiger partial charge in [0.05, 0.1) is 0 Å². The third-order valence-electron chi connectivity index (χ3n) is 1.67. The highest BCUT2D eigenvalue weighted by molar-refractivity contribution is 7.81. The molecule has 0 nitrogen and oxygen atoms in total. The highest BCUT2D eigenvalue weighted by Crippen LogP contribution is 2.29. The molecule has 0 aliphatic heterocycles. The van der Waals surface area contributed by atoms with E-state index in [1.165, 1.54) is 0 Å². The van der Waals surface area contributed by atoms with Crippen LogP contribution < -0.4 is 0 Å². The lowest BCUT2D eigenvalue weighted by atomic mass is 9.99. The van der Waals surface area contributed by atoms with E-state index < -0.39 is 0 Å². The minimum atomic E-state index is 0.239. The maximum absolute atomic E-state index is 5.90. The molecular formula is C6H10Cl2S. The van der Waals surface area contributed by atoms with Gasteiger partial charge in [-0.05, 0) is 19.3 Å². The Bertz CT molecular complexity index is 97.1. The molecule has 1 aliphatic rings. The standard InChI is InChI=1S/C6H10Cl2S/c7-4-1-2-5(8)6(9)3-4/h4-6,9H,1-3H2. The number of alkyl halides is 2. The summed E-state index contributed by atoms with van der Waals surface area (Å²) in [5, 5.41) is 0.855. The van der Waals surface area contributed by atoms with Gasteiger partial charge in [0, 0.05) is 16.0 Å². The van der Waals surface area contributed by atoms with Crippen molar-refractivity contribution < 1.29 is 0 Å². The van der Waals surface area contributed by atoms with Crippen LogP contribution in [0.3, 0.4) is 0 Å². The topological polar surface area (TPSA) is 0 Å². The molecule has 1 fully saturated rings. The Labute approximate surface area is 71.3 Å². The molecule has 0 radical (unpaired) electrons. The summed E-state index contributed by atoms with van der Waals surface area (Å²) in [6.07, 6.45) is 3.02. The van der Waals surface area contributed by atoms with Crippen LogP contribution in [0.5, 0.6) is 0 Å². The summed E-state index contributed by atoms with van der Waals surface area (Å²) < 4.78 is 0. The fourth-order valence-corrected chi connectivity index (χ4v) is 2.13. The van der Waals surface area contributed by atoms with Gasteiger partial charge in [0.25, 0.3) is 0 Å². The molecule has 54 valence electrons. The minimum absolute atomic E-state index is 0.239. The summed E-state index contributed by atoms with van der Waals surface area (Å²) in [7, 11) is 0. The van der Waals surface area contributed by atoms with Crippen LogP contribution in [0.15, 0.2) is 0 Å². The number of rotatable bonds is 0. The van der Waals surface area contributed by atoms with Crippen molar-refractivity contribution in [3.8, 4) is 0 Å². The number of thiol groups is 1. The van der Waals surface area contributed by atoms with E-state index in [1.54, 1.807) is 0 Å². The fourth-order valence-electron chi connectivity index (χ4n) is 1.06. The molecule has 9 heavy (non-hydrogen) atoms. The summed E-state index contributed by atoms with van der Waals surface area (Å²) in [5.74, 6) is 0. The zero-order valence-electron chi connectivity index (χ0n) is 5.06. The fraction of sp³-hybridized carbons (Fsp3) is 1.00. The van der Waals surface area contributed by atoms with Crippen LogP contribution in [0.25, 0.3) is 0 Å². The molecule has 0 aromatic heterocycles. The lowest BCUT2D eigenvalue weighted by Crippen LogP contribution is -2.26. The van der Waals surface area contributed by atoms with Gasteiger partial charge >= 0.3 is 0 Å². The SMILES string of the molecule is SC1CC(Cl)CCC1Cl. The summed E-state index contributed by atoms with van der Waals surface area (Å²) in [6, 6.07) is 0. The van der Waals surface area contributed by atoms with Crippen molar-refractivity contribution in [2.24, 2.45) is 0 Å². The van der Waals surface area contributed by atoms with Gasteiger partial charge in [-0.2, -0.15) is 12.6 Å². The second kappa shape index (κ2) is 3.36. The van der Waals surface area contributed by atoms with E-state index in [-0.39, 0.29) is 5.38 Å². The van der Waals surface area contributed by atoms with E-state index in [2.05, 4.69) is 12.6 Å². The molecule has 0 saturated heterocycles. The first-order valence-corrected chi connectivity index (χ1v) is 4.55. The second-order valence-corrected chi connectivity index (χ2v) is 4.33. The first kappa shape index (κ1) is 8.03. The van der Waals surface area contributed by atoms with Gasteiger partial charge < -0.3 is 0 Å². The molecule has 3 atom stereocenters. The van der Waals surface area contributed by atoms with Gasteiger partial charge in [0.1, 0.15) is 0 Å². The molecule has 3 unspecified atom stereocenters. The van der Waals surface area contributed by atoms with Gasteiger partial charge in [-0.3, -0.25) is 0 Å². The molecule has 0 aromatic rings. The van der Waals surface area contributed by atoms with E-state index in [0.717, 1.165) is 19.3 Å². The summed E-state index contributed by atoms with van der Waals surface area (Å²) in [5.41, 5.74) is 0. The van der Waals surface area contributed by atoms with Crippen LogP contribution in [-0.4, -0.2) is 16.0 Å². The average molecular weight is 185 g/mol. The third-order valence-corrected chi connectivity index (χ3v) is 3.34. The molecule has 0 aromatic carbocycles. The largest absolute Gasteiger partial charge is 0.174 e. The van der Waals surface area contributed by atoms with Crippen LogP contribution in [-0.2, 0) is 0 Å². The van der Waals surface area contributed by atoms with Gasteiger partial charge in [-0.1, -0.05) is 0 Å². The molecule has 1 aliphatic carbocycles. The van der Waals surface area contributed by atoms with E-state index in [4.69, 9.17) is 23.2 Å². The zero-order valence-corrected chi connectivity index (χ0v) is 7.46. The minimum Gasteiger partial charge on any atom is -0.174 e. The maximum Gasteiger partial charge on any atom is 0.0453 e. The van der Waals surface area contributed by atoms with Gasteiger partial charge in [0.2, 0.25) is 0 Å². The third kappa shape index (κ3) is 2.21. The van der Waals surface area contributed by atoms with Gasteiger partial charge in [-0.15, -0.1) is 23.2 Å². The van der Waals surface area contributed by atoms with Crippen LogP contribution in [0.1, 0.15) is 19.3 Å². The molecule has 0 N–H and O–H groups in total. The van der Waals surface area contributed by atoms with E-state index >= 15 is 0 Å². The van der Waals surface area contributed by atoms with E-state index in [0.29, 0.717) is 10.6 Å². The Kier molecular flexibility index (Phi) is 3.00. The number of halogens is 2. The Morgan fingerprint density at radius 3 is 2.33 bits per heavy atom. The molecule has 0 heterocycles. The van der Waals surface area contributed by atoms with Crippen molar-refractivity contribution in [1.82, 2.24) is 0 Å². The molecule has 0 spiro atoms. The predicted octanol–water partition coefficient (Wildman–Crippen LogP) is 2.68. The Morgan fingerprint density at radius 2 is 1.89 bits per heavy atom. The molecule has 0 amide bonds. The second-order valence-electron chi connectivity index (χ2n) is 2.49. The van der Waals surface area contributed by atoms with Gasteiger partial charge in [0.15, 0.2) is 0 Å². The molecule has 0 bridgehead atoms. The zero-order chi connectivity index (χ0) is 6.85. The lowest BCUT2D eigenvalue weighted by Gasteiger charge is -2.25.